The Kier molecular flexibility index (Phi) is 3.80. The second-order valence-electron chi connectivity index (χ2n) is 4.17. The van der Waals surface area contributed by atoms with Crippen LogP contribution in [0.2, 0.25) is 10.0 Å². The van der Waals surface area contributed by atoms with E-state index in [9.17, 15) is 4.79 Å². The second kappa shape index (κ2) is 4.54. The van der Waals surface area contributed by atoms with Crippen LogP contribution in [0.3, 0.4) is 0 Å². The molecule has 0 amide bonds. The lowest BCUT2D eigenvalue weighted by atomic mass is 9.82. The first-order chi connectivity index (χ1) is 6.90. The summed E-state index contributed by atoms with van der Waals surface area (Å²) in [6.07, 6.45) is 0.772. The maximum Gasteiger partial charge on any atom is 0.169 e. The fourth-order valence-electron chi connectivity index (χ4n) is 1.20. The fourth-order valence-corrected chi connectivity index (χ4v) is 1.59. The standard InChI is InChI=1S/C12H14Cl2O/c1-4-12(2,3)11(15)8-6-5-7-9(13)10(8)14/h5-7H,4H2,1-3H3. The van der Waals surface area contributed by atoms with E-state index < -0.39 is 5.41 Å². The first-order valence-corrected chi connectivity index (χ1v) is 5.64. The summed E-state index contributed by atoms with van der Waals surface area (Å²) < 4.78 is 0. The Labute approximate surface area is 100 Å². The second-order valence-corrected chi connectivity index (χ2v) is 4.95. The molecule has 0 bridgehead atoms. The maximum atomic E-state index is 12.1. The third kappa shape index (κ3) is 2.53. The number of hydrogen-bond donors (Lipinski definition) is 0. The summed E-state index contributed by atoms with van der Waals surface area (Å²) in [5.41, 5.74) is 0.116. The quantitative estimate of drug-likeness (QED) is 0.710. The largest absolute Gasteiger partial charge is 0.294 e. The van der Waals surface area contributed by atoms with Gasteiger partial charge in [-0.25, -0.2) is 0 Å². The van der Waals surface area contributed by atoms with Gasteiger partial charge in [-0.3, -0.25) is 4.79 Å². The van der Waals surface area contributed by atoms with Crippen molar-refractivity contribution in [2.24, 2.45) is 5.41 Å². The molecule has 0 saturated heterocycles. The summed E-state index contributed by atoms with van der Waals surface area (Å²) in [6.45, 7) is 5.80. The first-order valence-electron chi connectivity index (χ1n) is 4.89. The highest BCUT2D eigenvalue weighted by Gasteiger charge is 2.28. The van der Waals surface area contributed by atoms with Gasteiger partial charge in [0.15, 0.2) is 5.78 Å². The number of carbonyl (C=O) groups is 1. The molecule has 0 unspecified atom stereocenters. The molecule has 0 heterocycles. The Morgan fingerprint density at radius 2 is 1.93 bits per heavy atom. The Bertz CT molecular complexity index is 383. The molecule has 0 aliphatic rings. The molecule has 15 heavy (non-hydrogen) atoms. The Hall–Kier alpha value is -0.530. The van der Waals surface area contributed by atoms with Crippen molar-refractivity contribution in [3.05, 3.63) is 33.8 Å². The van der Waals surface area contributed by atoms with Crippen molar-refractivity contribution in [1.29, 1.82) is 0 Å². The number of ketones is 1. The van der Waals surface area contributed by atoms with Crippen LogP contribution in [-0.4, -0.2) is 5.78 Å². The van der Waals surface area contributed by atoms with Gasteiger partial charge in [0.1, 0.15) is 0 Å². The molecule has 0 fully saturated rings. The van der Waals surface area contributed by atoms with E-state index in [1.54, 1.807) is 18.2 Å². The van der Waals surface area contributed by atoms with Gasteiger partial charge in [-0.1, -0.05) is 50.0 Å². The summed E-state index contributed by atoms with van der Waals surface area (Å²) in [4.78, 5) is 12.1. The van der Waals surface area contributed by atoms with Crippen LogP contribution in [0.4, 0.5) is 0 Å². The SMILES string of the molecule is CCC(C)(C)C(=O)c1cccc(Cl)c1Cl. The predicted octanol–water partition coefficient (Wildman–Crippen LogP) is 4.61. The third-order valence-corrected chi connectivity index (χ3v) is 3.51. The van der Waals surface area contributed by atoms with Gasteiger partial charge in [0.2, 0.25) is 0 Å². The molecule has 1 nitrogen and oxygen atoms in total. The van der Waals surface area contributed by atoms with Crippen LogP contribution >= 0.6 is 23.2 Å². The molecule has 0 saturated carbocycles. The molecule has 1 aromatic rings. The Morgan fingerprint density at radius 1 is 1.33 bits per heavy atom. The predicted molar refractivity (Wildman–Crippen MR) is 64.9 cm³/mol. The van der Waals surface area contributed by atoms with Crippen molar-refractivity contribution in [3.8, 4) is 0 Å². The van der Waals surface area contributed by atoms with Gasteiger partial charge in [0.05, 0.1) is 10.0 Å². The van der Waals surface area contributed by atoms with Gasteiger partial charge in [0.25, 0.3) is 0 Å². The average Bonchev–Trinajstić information content (AvgIpc) is 2.21. The number of carbonyl (C=O) groups excluding carboxylic acids is 1. The van der Waals surface area contributed by atoms with Gasteiger partial charge in [0, 0.05) is 11.0 Å². The van der Waals surface area contributed by atoms with E-state index >= 15 is 0 Å². The summed E-state index contributed by atoms with van der Waals surface area (Å²) in [6, 6.07) is 5.14. The van der Waals surface area contributed by atoms with E-state index in [0.29, 0.717) is 15.6 Å². The van der Waals surface area contributed by atoms with Crippen LogP contribution in [0, 0.1) is 5.41 Å². The van der Waals surface area contributed by atoms with E-state index in [1.807, 2.05) is 20.8 Å². The minimum atomic E-state index is -0.395. The smallest absolute Gasteiger partial charge is 0.169 e. The van der Waals surface area contributed by atoms with Gasteiger partial charge in [-0.05, 0) is 18.6 Å². The van der Waals surface area contributed by atoms with Crippen molar-refractivity contribution in [2.75, 3.05) is 0 Å². The molecule has 0 aliphatic heterocycles. The maximum absolute atomic E-state index is 12.1. The highest BCUT2D eigenvalue weighted by molar-refractivity contribution is 6.44. The van der Waals surface area contributed by atoms with Crippen LogP contribution in [0.1, 0.15) is 37.6 Å². The molecule has 1 rings (SSSR count). The van der Waals surface area contributed by atoms with Crippen LogP contribution in [0.5, 0.6) is 0 Å². The number of hydrogen-bond acceptors (Lipinski definition) is 1. The van der Waals surface area contributed by atoms with Crippen molar-refractivity contribution >= 4 is 29.0 Å². The molecule has 0 atom stereocenters. The number of Topliss-reactive ketones (excluding diaryl/α,β-unsaturated/α-hetero) is 1. The van der Waals surface area contributed by atoms with E-state index in [2.05, 4.69) is 0 Å². The number of benzene rings is 1. The van der Waals surface area contributed by atoms with Gasteiger partial charge >= 0.3 is 0 Å². The monoisotopic (exact) mass is 244 g/mol. The summed E-state index contributed by atoms with van der Waals surface area (Å²) >= 11 is 11.9. The minimum absolute atomic E-state index is 0.0394. The zero-order valence-corrected chi connectivity index (χ0v) is 10.6. The van der Waals surface area contributed by atoms with Gasteiger partial charge < -0.3 is 0 Å². The molecular formula is C12H14Cl2O. The Morgan fingerprint density at radius 3 is 2.47 bits per heavy atom. The summed E-state index contributed by atoms with van der Waals surface area (Å²) in [5.74, 6) is 0.0394. The molecular weight excluding hydrogens is 231 g/mol. The van der Waals surface area contributed by atoms with Crippen molar-refractivity contribution in [2.45, 2.75) is 27.2 Å². The minimum Gasteiger partial charge on any atom is -0.294 e. The zero-order valence-electron chi connectivity index (χ0n) is 9.10. The van der Waals surface area contributed by atoms with E-state index in [1.165, 1.54) is 0 Å². The van der Waals surface area contributed by atoms with E-state index in [4.69, 9.17) is 23.2 Å². The molecule has 3 heteroatoms. The lowest BCUT2D eigenvalue weighted by molar-refractivity contribution is 0.0833. The number of halogens is 2. The molecule has 0 aromatic heterocycles. The first kappa shape index (κ1) is 12.5. The van der Waals surface area contributed by atoms with Crippen LogP contribution < -0.4 is 0 Å². The topological polar surface area (TPSA) is 17.1 Å². The average molecular weight is 245 g/mol. The molecule has 0 N–H and O–H groups in total. The molecule has 0 spiro atoms. The summed E-state index contributed by atoms with van der Waals surface area (Å²) in [5, 5.41) is 0.778. The summed E-state index contributed by atoms with van der Waals surface area (Å²) in [7, 11) is 0. The molecule has 1 aromatic carbocycles. The zero-order chi connectivity index (χ0) is 11.6. The molecule has 0 aliphatic carbocycles. The number of rotatable bonds is 3. The van der Waals surface area contributed by atoms with E-state index in [0.717, 1.165) is 6.42 Å². The molecule has 82 valence electrons. The third-order valence-electron chi connectivity index (χ3n) is 2.69. The van der Waals surface area contributed by atoms with Crippen molar-refractivity contribution in [1.82, 2.24) is 0 Å². The van der Waals surface area contributed by atoms with E-state index in [-0.39, 0.29) is 5.78 Å². The molecule has 0 radical (unpaired) electrons. The lowest BCUT2D eigenvalue weighted by Gasteiger charge is -2.21. The fraction of sp³-hybridized carbons (Fsp3) is 0.417. The lowest BCUT2D eigenvalue weighted by Crippen LogP contribution is -2.23. The van der Waals surface area contributed by atoms with Gasteiger partial charge in [-0.15, -0.1) is 0 Å². The highest BCUT2D eigenvalue weighted by Crippen LogP contribution is 2.32. The van der Waals surface area contributed by atoms with Gasteiger partial charge in [-0.2, -0.15) is 0 Å². The Balaban J connectivity index is 3.18. The van der Waals surface area contributed by atoms with Crippen LogP contribution in [0.25, 0.3) is 0 Å². The van der Waals surface area contributed by atoms with Crippen LogP contribution in [0.15, 0.2) is 18.2 Å². The van der Waals surface area contributed by atoms with Crippen molar-refractivity contribution in [3.63, 3.8) is 0 Å². The normalized spacial score (nSPS) is 11.5. The van der Waals surface area contributed by atoms with Crippen molar-refractivity contribution < 1.29 is 4.79 Å². The highest BCUT2D eigenvalue weighted by atomic mass is 35.5. The van der Waals surface area contributed by atoms with Crippen LogP contribution in [-0.2, 0) is 0 Å².